The van der Waals surface area contributed by atoms with Gasteiger partial charge in [0.2, 0.25) is 16.8 Å². The molecule has 5 heterocycles. The lowest BCUT2D eigenvalue weighted by Crippen LogP contribution is -2.24. The zero-order valence-corrected chi connectivity index (χ0v) is 33.8. The Balaban J connectivity index is 0.000000198. The summed E-state index contributed by atoms with van der Waals surface area (Å²) in [7, 11) is 0. The number of nitrogens with zero attached hydrogens (tertiary/aromatic N) is 8. The van der Waals surface area contributed by atoms with Crippen molar-refractivity contribution in [1.29, 1.82) is 0 Å². The van der Waals surface area contributed by atoms with E-state index in [0.717, 1.165) is 19.6 Å². The van der Waals surface area contributed by atoms with Crippen LogP contribution in [0.2, 0.25) is 5.15 Å². The number of azo groups is 1. The summed E-state index contributed by atoms with van der Waals surface area (Å²) in [5.74, 6) is -2.03. The first-order valence-electron chi connectivity index (χ1n) is 17.8. The smallest absolute Gasteiger partial charge is 0.362 e. The summed E-state index contributed by atoms with van der Waals surface area (Å²) in [6.45, 7) is 3.60. The molecule has 2 aromatic carbocycles. The summed E-state index contributed by atoms with van der Waals surface area (Å²) in [5.41, 5.74) is 0.568. The van der Waals surface area contributed by atoms with Crippen molar-refractivity contribution in [3.05, 3.63) is 167 Å². The van der Waals surface area contributed by atoms with Gasteiger partial charge in [0.05, 0.1) is 35.5 Å². The van der Waals surface area contributed by atoms with Gasteiger partial charge in [-0.2, -0.15) is 10.2 Å². The van der Waals surface area contributed by atoms with Crippen LogP contribution in [0.15, 0.2) is 175 Å². The number of halogens is 1. The zero-order chi connectivity index (χ0) is 41.6. The molecule has 296 valence electrons. The molecule has 14 nitrogen and oxygen atoms in total. The number of hydrogen-bond acceptors (Lipinski definition) is 15. The molecule has 0 saturated carbocycles. The van der Waals surface area contributed by atoms with Crippen LogP contribution in [-0.4, -0.2) is 60.0 Å². The normalized spacial score (nSPS) is 11.4. The Morgan fingerprint density at radius 2 is 1.39 bits per heavy atom. The molecule has 0 radical (unpaired) electrons. The molecular formula is C42H33ClN8O6S2. The fourth-order valence-corrected chi connectivity index (χ4v) is 7.06. The highest BCUT2D eigenvalue weighted by molar-refractivity contribution is 7.99. The van der Waals surface area contributed by atoms with Crippen LogP contribution in [0.4, 0.5) is 5.69 Å². The molecule has 0 bridgehead atoms. The predicted octanol–water partition coefficient (Wildman–Crippen LogP) is 9.36. The molecule has 17 heteroatoms. The van der Waals surface area contributed by atoms with Crippen molar-refractivity contribution < 1.29 is 24.2 Å². The summed E-state index contributed by atoms with van der Waals surface area (Å²) in [4.78, 5) is 57.6. The summed E-state index contributed by atoms with van der Waals surface area (Å²) in [6.07, 6.45) is 10.0. The third-order valence-electron chi connectivity index (χ3n) is 7.71. The highest BCUT2D eigenvalue weighted by atomic mass is 35.5. The van der Waals surface area contributed by atoms with Crippen LogP contribution >= 0.6 is 35.1 Å². The average molecular weight is 845 g/mol. The van der Waals surface area contributed by atoms with Crippen LogP contribution in [0.25, 0.3) is 22.5 Å². The SMILES string of the molecule is CCOC(=O)C(N=Nc1cccc(Sc2cccnc2)c1)=C(O)c1cccnc1Cl.CCOC(=O)c1nn(-c2cccc(Sc3cccnc3)c2)c2ncccc2c1=O. The minimum atomic E-state index is -0.820. The van der Waals surface area contributed by atoms with Crippen molar-refractivity contribution >= 4 is 69.5 Å². The van der Waals surface area contributed by atoms with Crippen molar-refractivity contribution in [2.45, 2.75) is 33.4 Å². The maximum atomic E-state index is 12.7. The molecule has 0 aliphatic carbocycles. The first-order valence-corrected chi connectivity index (χ1v) is 19.8. The van der Waals surface area contributed by atoms with E-state index in [-0.39, 0.29) is 35.3 Å². The zero-order valence-electron chi connectivity index (χ0n) is 31.4. The van der Waals surface area contributed by atoms with Gasteiger partial charge in [-0.25, -0.2) is 24.2 Å². The summed E-state index contributed by atoms with van der Waals surface area (Å²) in [6, 6.07) is 28.9. The van der Waals surface area contributed by atoms with Gasteiger partial charge in [0.15, 0.2) is 11.4 Å². The Kier molecular flexibility index (Phi) is 14.6. The van der Waals surface area contributed by atoms with Crippen molar-refractivity contribution in [2.75, 3.05) is 13.2 Å². The topological polar surface area (TPSA) is 184 Å². The number of ether oxygens (including phenoxy) is 2. The maximum absolute atomic E-state index is 12.7. The molecule has 7 aromatic rings. The Morgan fingerprint density at radius 3 is 2.05 bits per heavy atom. The summed E-state index contributed by atoms with van der Waals surface area (Å²) >= 11 is 9.08. The number of esters is 2. The molecule has 0 aliphatic rings. The fourth-order valence-electron chi connectivity index (χ4n) is 5.13. The number of hydrogen-bond donors (Lipinski definition) is 1. The molecule has 7 rings (SSSR count). The van der Waals surface area contributed by atoms with Gasteiger partial charge in [0.25, 0.3) is 0 Å². The van der Waals surface area contributed by atoms with Gasteiger partial charge in [-0.05, 0) is 98.8 Å². The van der Waals surface area contributed by atoms with E-state index in [2.05, 4.69) is 35.3 Å². The van der Waals surface area contributed by atoms with Gasteiger partial charge in [-0.3, -0.25) is 14.8 Å². The predicted molar refractivity (Wildman–Crippen MR) is 224 cm³/mol. The van der Waals surface area contributed by atoms with Crippen molar-refractivity contribution in [1.82, 2.24) is 29.7 Å². The van der Waals surface area contributed by atoms with E-state index in [1.165, 1.54) is 28.7 Å². The average Bonchev–Trinajstić information content (AvgIpc) is 3.25. The lowest BCUT2D eigenvalue weighted by atomic mass is 10.2. The van der Waals surface area contributed by atoms with Crippen LogP contribution < -0.4 is 5.43 Å². The fraction of sp³-hybridized carbons (Fsp3) is 0.0952. The van der Waals surface area contributed by atoms with E-state index < -0.39 is 23.1 Å². The third-order valence-corrected chi connectivity index (χ3v) is 9.94. The third kappa shape index (κ3) is 11.0. The molecule has 59 heavy (non-hydrogen) atoms. The number of benzene rings is 2. The minimum absolute atomic E-state index is 0.0295. The van der Waals surface area contributed by atoms with E-state index >= 15 is 0 Å². The number of pyridine rings is 4. The van der Waals surface area contributed by atoms with Gasteiger partial charge < -0.3 is 14.6 Å². The van der Waals surface area contributed by atoms with Crippen LogP contribution in [0.3, 0.4) is 0 Å². The maximum Gasteiger partial charge on any atom is 0.362 e. The Bertz CT molecular complexity index is 2700. The van der Waals surface area contributed by atoms with Gasteiger partial charge in [-0.1, -0.05) is 47.3 Å². The molecule has 0 saturated heterocycles. The highest BCUT2D eigenvalue weighted by Crippen LogP contribution is 2.31. The molecule has 0 atom stereocenters. The Hall–Kier alpha value is -6.75. The van der Waals surface area contributed by atoms with Crippen LogP contribution in [0, 0.1) is 0 Å². The van der Waals surface area contributed by atoms with E-state index in [1.54, 1.807) is 86.9 Å². The van der Waals surface area contributed by atoms with Crippen molar-refractivity contribution in [3.8, 4) is 5.69 Å². The standard InChI is InChI=1S/C21H17ClN4O3S.C21H16N4O3S/c1-2-29-21(28)18(19(27)17-9-5-11-24-20(17)22)26-25-14-6-3-7-15(12-14)30-16-8-4-10-23-13-16;1-2-28-21(27)18-19(26)17-9-5-11-23-20(17)25(24-18)14-6-3-7-15(12-14)29-16-8-4-10-22-13-16/h3-13,27H,2H2,1H3;3-13H,2H2,1H3. The molecule has 0 spiro atoms. The van der Waals surface area contributed by atoms with Crippen molar-refractivity contribution in [2.24, 2.45) is 10.2 Å². The molecule has 5 aromatic heterocycles. The highest BCUT2D eigenvalue weighted by Gasteiger charge is 2.21. The molecular weight excluding hydrogens is 812 g/mol. The second-order valence-electron chi connectivity index (χ2n) is 11.7. The monoisotopic (exact) mass is 844 g/mol. The lowest BCUT2D eigenvalue weighted by molar-refractivity contribution is -0.138. The second kappa shape index (κ2) is 20.6. The van der Waals surface area contributed by atoms with Crippen molar-refractivity contribution in [3.63, 3.8) is 0 Å². The quantitative estimate of drug-likeness (QED) is 0.0404. The van der Waals surface area contributed by atoms with Crippen LogP contribution in [-0.2, 0) is 14.3 Å². The summed E-state index contributed by atoms with van der Waals surface area (Å²) < 4.78 is 11.5. The minimum Gasteiger partial charge on any atom is -0.505 e. The van der Waals surface area contributed by atoms with Gasteiger partial charge in [0, 0.05) is 56.8 Å². The van der Waals surface area contributed by atoms with Gasteiger partial charge >= 0.3 is 11.9 Å². The number of rotatable bonds is 12. The molecule has 0 unspecified atom stereocenters. The van der Waals surface area contributed by atoms with E-state index in [4.69, 9.17) is 21.1 Å². The molecule has 0 aliphatic heterocycles. The van der Waals surface area contributed by atoms with E-state index in [1.807, 2.05) is 60.7 Å². The lowest BCUT2D eigenvalue weighted by Gasteiger charge is -2.12. The molecule has 0 fully saturated rings. The van der Waals surface area contributed by atoms with Crippen LogP contribution in [0.1, 0.15) is 29.9 Å². The number of carbonyl (C=O) groups excluding carboxylic acids is 2. The summed E-state index contributed by atoms with van der Waals surface area (Å²) in [5, 5.41) is 23.2. The number of aromatic nitrogens is 6. The first-order chi connectivity index (χ1) is 28.7. The molecule has 1 N–H and O–H groups in total. The number of aliphatic hydroxyl groups is 1. The Morgan fingerprint density at radius 1 is 0.763 bits per heavy atom. The van der Waals surface area contributed by atoms with Gasteiger partial charge in [0.1, 0.15) is 5.15 Å². The van der Waals surface area contributed by atoms with Crippen LogP contribution in [0.5, 0.6) is 0 Å². The van der Waals surface area contributed by atoms with E-state index in [9.17, 15) is 19.5 Å². The number of aliphatic hydroxyl groups excluding tert-OH is 1. The number of fused-ring (bicyclic) bond motifs is 1. The number of carbonyl (C=O) groups is 2. The van der Waals surface area contributed by atoms with Gasteiger partial charge in [-0.15, -0.1) is 5.11 Å². The first kappa shape index (κ1) is 41.9. The second-order valence-corrected chi connectivity index (χ2v) is 14.4. The van der Waals surface area contributed by atoms with E-state index in [0.29, 0.717) is 22.4 Å². The largest absolute Gasteiger partial charge is 0.505 e. The Labute approximate surface area is 351 Å². The molecule has 0 amide bonds.